The van der Waals surface area contributed by atoms with Gasteiger partial charge in [0.2, 0.25) is 10.0 Å². The van der Waals surface area contributed by atoms with E-state index in [2.05, 4.69) is 24.3 Å². The van der Waals surface area contributed by atoms with Gasteiger partial charge in [-0.05, 0) is 41.9 Å². The molecule has 0 unspecified atom stereocenters. The Bertz CT molecular complexity index is 1310. The molecule has 6 nitrogen and oxygen atoms in total. The van der Waals surface area contributed by atoms with Crippen molar-refractivity contribution in [2.24, 2.45) is 10.9 Å². The maximum atomic E-state index is 12.1. The van der Waals surface area contributed by atoms with Gasteiger partial charge < -0.3 is 10.2 Å². The minimum atomic E-state index is -3.91. The minimum absolute atomic E-state index is 0.0802. The normalized spacial score (nSPS) is 11.0. The molecule has 0 amide bonds. The molecule has 0 fully saturated rings. The first-order valence-corrected chi connectivity index (χ1v) is 10.9. The summed E-state index contributed by atoms with van der Waals surface area (Å²) in [7, 11) is -3.91. The molecule has 0 atom stereocenters. The molecule has 0 radical (unpaired) electrons. The Labute approximate surface area is 174 Å². The molecule has 4 N–H and O–H groups in total. The second-order valence-electron chi connectivity index (χ2n) is 6.50. The maximum absolute atomic E-state index is 12.1. The predicted octanol–water partition coefficient (Wildman–Crippen LogP) is 3.74. The first-order valence-electron chi connectivity index (χ1n) is 9.30. The molecule has 1 aromatic heterocycles. The molecule has 3 aromatic rings. The summed E-state index contributed by atoms with van der Waals surface area (Å²) in [6, 6.07) is 22.7. The second kappa shape index (κ2) is 9.04. The van der Waals surface area contributed by atoms with E-state index < -0.39 is 10.0 Å². The minimum Gasteiger partial charge on any atom is -0.456 e. The summed E-state index contributed by atoms with van der Waals surface area (Å²) < 4.78 is 28.9. The van der Waals surface area contributed by atoms with Crippen molar-refractivity contribution in [1.82, 2.24) is 0 Å². The summed E-state index contributed by atoms with van der Waals surface area (Å²) in [5.41, 5.74) is 8.12. The maximum Gasteiger partial charge on any atom is 0.238 e. The van der Waals surface area contributed by atoms with Crippen molar-refractivity contribution >= 4 is 21.0 Å². The van der Waals surface area contributed by atoms with E-state index >= 15 is 0 Å². The van der Waals surface area contributed by atoms with Crippen LogP contribution in [0.2, 0.25) is 0 Å². The average molecular weight is 423 g/mol. The molecule has 2 aliphatic carbocycles. The zero-order valence-electron chi connectivity index (χ0n) is 16.4. The summed E-state index contributed by atoms with van der Waals surface area (Å²) in [6.07, 6.45) is 0. The van der Waals surface area contributed by atoms with Gasteiger partial charge in [-0.3, -0.25) is 4.79 Å². The molecule has 0 aliphatic heterocycles. The van der Waals surface area contributed by atoms with Crippen molar-refractivity contribution in [1.29, 1.82) is 0 Å². The van der Waals surface area contributed by atoms with Crippen LogP contribution in [0.3, 0.4) is 0 Å². The molecule has 30 heavy (non-hydrogen) atoms. The highest BCUT2D eigenvalue weighted by molar-refractivity contribution is 7.89. The van der Waals surface area contributed by atoms with Crippen LogP contribution in [-0.4, -0.2) is 15.0 Å². The van der Waals surface area contributed by atoms with E-state index in [4.69, 9.17) is 15.3 Å². The van der Waals surface area contributed by atoms with Crippen molar-refractivity contribution in [3.8, 4) is 22.5 Å². The van der Waals surface area contributed by atoms with Crippen LogP contribution in [0.4, 0.5) is 0 Å². The lowest BCUT2D eigenvalue weighted by Crippen LogP contribution is -2.13. The molecule has 0 saturated heterocycles. The van der Waals surface area contributed by atoms with Crippen LogP contribution < -0.4 is 16.3 Å². The first kappa shape index (κ1) is 21.4. The Balaban J connectivity index is 0.000000234. The Hall–Kier alpha value is -3.26. The van der Waals surface area contributed by atoms with Crippen molar-refractivity contribution < 1.29 is 12.8 Å². The number of sulfonamides is 1. The molecular weight excluding hydrogens is 400 g/mol. The zero-order valence-corrected chi connectivity index (χ0v) is 17.2. The summed E-state index contributed by atoms with van der Waals surface area (Å²) in [6.45, 7) is 2.65. The van der Waals surface area contributed by atoms with E-state index in [1.807, 2.05) is 6.92 Å². The SMILES string of the molecule is CCN.NS(=O)(=O)c1ccccc1-c1cc(=O)c2ccccc2o1.c1cc2ccc1-2. The Kier molecular flexibility index (Phi) is 6.47. The lowest BCUT2D eigenvalue weighted by Gasteiger charge is -2.10. The Morgan fingerprint density at radius 2 is 1.40 bits per heavy atom. The monoisotopic (exact) mass is 422 g/mol. The Morgan fingerprint density at radius 1 is 0.867 bits per heavy atom. The third-order valence-corrected chi connectivity index (χ3v) is 5.28. The molecule has 0 bridgehead atoms. The fourth-order valence-electron chi connectivity index (χ4n) is 2.82. The van der Waals surface area contributed by atoms with Crippen LogP contribution in [0.5, 0.6) is 0 Å². The quantitative estimate of drug-likeness (QED) is 0.449. The fourth-order valence-corrected chi connectivity index (χ4v) is 3.56. The van der Waals surface area contributed by atoms with E-state index in [9.17, 15) is 13.2 Å². The third-order valence-electron chi connectivity index (χ3n) is 4.31. The highest BCUT2D eigenvalue weighted by Gasteiger charge is 2.17. The number of para-hydroxylation sites is 1. The lowest BCUT2D eigenvalue weighted by molar-refractivity contribution is 0.594. The number of rotatable bonds is 2. The van der Waals surface area contributed by atoms with Gasteiger partial charge in [0.1, 0.15) is 11.3 Å². The van der Waals surface area contributed by atoms with Crippen LogP contribution in [0.1, 0.15) is 6.92 Å². The van der Waals surface area contributed by atoms with E-state index in [1.54, 1.807) is 42.5 Å². The van der Waals surface area contributed by atoms with Crippen LogP contribution in [0, 0.1) is 0 Å². The zero-order chi connectivity index (χ0) is 21.7. The highest BCUT2D eigenvalue weighted by atomic mass is 32.2. The average Bonchev–Trinajstić information content (AvgIpc) is 2.71. The van der Waals surface area contributed by atoms with E-state index in [1.165, 1.54) is 23.3 Å². The molecule has 5 rings (SSSR count). The first-order chi connectivity index (χ1) is 14.3. The number of hydrogen-bond donors (Lipinski definition) is 2. The largest absolute Gasteiger partial charge is 0.456 e. The lowest BCUT2D eigenvalue weighted by atomic mass is 9.95. The van der Waals surface area contributed by atoms with Gasteiger partial charge in [-0.25, -0.2) is 13.6 Å². The van der Waals surface area contributed by atoms with Gasteiger partial charge in [-0.2, -0.15) is 0 Å². The third kappa shape index (κ3) is 4.65. The van der Waals surface area contributed by atoms with Crippen LogP contribution in [0.15, 0.2) is 93.0 Å². The van der Waals surface area contributed by atoms with Crippen LogP contribution >= 0.6 is 0 Å². The molecule has 7 heteroatoms. The molecular formula is C23H22N2O4S. The van der Waals surface area contributed by atoms with Crippen molar-refractivity contribution in [3.05, 3.63) is 89.1 Å². The van der Waals surface area contributed by atoms with Crippen molar-refractivity contribution in [2.75, 3.05) is 6.54 Å². The van der Waals surface area contributed by atoms with Crippen LogP contribution in [-0.2, 0) is 10.0 Å². The summed E-state index contributed by atoms with van der Waals surface area (Å²) >= 11 is 0. The van der Waals surface area contributed by atoms with Gasteiger partial charge in [0.15, 0.2) is 5.43 Å². The fraction of sp³-hybridized carbons (Fsp3) is 0.0870. The second-order valence-corrected chi connectivity index (χ2v) is 8.03. The number of benzene rings is 3. The number of primary sulfonamides is 1. The topological polar surface area (TPSA) is 116 Å². The standard InChI is InChI=1S/C15H11NO4S.C6H4.C2H7N/c16-21(18,19)15-8-4-2-6-11(15)14-9-12(17)10-5-1-3-7-13(10)20-14;1-2-6-4-3-5(1)6;1-2-3/h1-9H,(H2,16,18,19);1-4H;2-3H2,1H3. The summed E-state index contributed by atoms with van der Waals surface area (Å²) in [4.78, 5) is 12.0. The van der Waals surface area contributed by atoms with Gasteiger partial charge in [-0.1, -0.05) is 55.5 Å². The molecule has 0 spiro atoms. The van der Waals surface area contributed by atoms with Gasteiger partial charge in [0.25, 0.3) is 0 Å². The molecule has 154 valence electrons. The van der Waals surface area contributed by atoms with E-state index in [0.717, 1.165) is 6.54 Å². The smallest absolute Gasteiger partial charge is 0.238 e. The Morgan fingerprint density at radius 3 is 1.93 bits per heavy atom. The van der Waals surface area contributed by atoms with Gasteiger partial charge >= 0.3 is 0 Å². The van der Waals surface area contributed by atoms with E-state index in [-0.39, 0.29) is 21.6 Å². The molecule has 2 aromatic carbocycles. The van der Waals surface area contributed by atoms with Gasteiger partial charge in [0, 0.05) is 11.6 Å². The molecule has 1 heterocycles. The molecule has 2 aliphatic rings. The van der Waals surface area contributed by atoms with Crippen molar-refractivity contribution in [3.63, 3.8) is 0 Å². The summed E-state index contributed by atoms with van der Waals surface area (Å²) in [5.74, 6) is 0.170. The number of fused-ring (bicyclic) bond motifs is 2. The van der Waals surface area contributed by atoms with Gasteiger partial charge in [0.05, 0.1) is 10.3 Å². The molecule has 0 saturated carbocycles. The van der Waals surface area contributed by atoms with Gasteiger partial charge in [-0.15, -0.1) is 0 Å². The number of hydrogen-bond acceptors (Lipinski definition) is 5. The van der Waals surface area contributed by atoms with E-state index in [0.29, 0.717) is 11.0 Å². The highest BCUT2D eigenvalue weighted by Crippen LogP contribution is 2.29. The number of nitrogens with two attached hydrogens (primary N) is 2. The summed E-state index contributed by atoms with van der Waals surface area (Å²) in [5, 5.41) is 5.64. The van der Waals surface area contributed by atoms with Crippen molar-refractivity contribution in [2.45, 2.75) is 11.8 Å². The predicted molar refractivity (Wildman–Crippen MR) is 119 cm³/mol. The van der Waals surface area contributed by atoms with Crippen LogP contribution in [0.25, 0.3) is 33.4 Å².